The maximum atomic E-state index is 12.3. The fourth-order valence-electron chi connectivity index (χ4n) is 3.90. The SMILES string of the molecule is Cc1ccc(CN(C)C(=O)CC2CC3CCC2C3)o1. The Morgan fingerprint density at radius 3 is 2.79 bits per heavy atom. The van der Waals surface area contributed by atoms with Crippen molar-refractivity contribution in [3.63, 3.8) is 0 Å². The van der Waals surface area contributed by atoms with Crippen LogP contribution in [-0.4, -0.2) is 17.9 Å². The number of carbonyl (C=O) groups excluding carboxylic acids is 1. The minimum absolute atomic E-state index is 0.270. The van der Waals surface area contributed by atoms with Crippen LogP contribution in [0.2, 0.25) is 0 Å². The zero-order valence-electron chi connectivity index (χ0n) is 11.9. The summed E-state index contributed by atoms with van der Waals surface area (Å²) in [6.07, 6.45) is 6.14. The standard InChI is InChI=1S/C16H23NO2/c1-11-3-6-15(19-11)10-17(2)16(18)9-14-8-12-4-5-13(14)7-12/h3,6,12-14H,4-5,7-10H2,1-2H3. The highest BCUT2D eigenvalue weighted by atomic mass is 16.3. The van der Waals surface area contributed by atoms with Gasteiger partial charge in [0.2, 0.25) is 5.91 Å². The predicted octanol–water partition coefficient (Wildman–Crippen LogP) is 3.37. The van der Waals surface area contributed by atoms with E-state index in [-0.39, 0.29) is 5.91 Å². The van der Waals surface area contributed by atoms with Crippen LogP contribution < -0.4 is 0 Å². The monoisotopic (exact) mass is 261 g/mol. The number of furan rings is 1. The highest BCUT2D eigenvalue weighted by Gasteiger charge is 2.40. The highest BCUT2D eigenvalue weighted by Crippen LogP contribution is 2.49. The van der Waals surface area contributed by atoms with E-state index in [0.29, 0.717) is 12.5 Å². The summed E-state index contributed by atoms with van der Waals surface area (Å²) in [6.45, 7) is 2.52. The van der Waals surface area contributed by atoms with Crippen molar-refractivity contribution in [1.29, 1.82) is 0 Å². The fraction of sp³-hybridized carbons (Fsp3) is 0.688. The quantitative estimate of drug-likeness (QED) is 0.832. The number of carbonyl (C=O) groups is 1. The summed E-state index contributed by atoms with van der Waals surface area (Å²) >= 11 is 0. The molecule has 0 spiro atoms. The summed E-state index contributed by atoms with van der Waals surface area (Å²) in [7, 11) is 1.88. The van der Waals surface area contributed by atoms with Crippen LogP contribution in [-0.2, 0) is 11.3 Å². The molecule has 2 aliphatic rings. The molecule has 0 saturated heterocycles. The van der Waals surface area contributed by atoms with Gasteiger partial charge in [0.15, 0.2) is 0 Å². The second-order valence-electron chi connectivity index (χ2n) is 6.40. The lowest BCUT2D eigenvalue weighted by Crippen LogP contribution is -2.29. The molecule has 2 bridgehead atoms. The number of aryl methyl sites for hydroxylation is 1. The lowest BCUT2D eigenvalue weighted by atomic mass is 9.86. The van der Waals surface area contributed by atoms with Crippen molar-refractivity contribution >= 4 is 5.91 Å². The molecule has 2 aliphatic carbocycles. The Bertz CT molecular complexity index is 465. The van der Waals surface area contributed by atoms with Gasteiger partial charge < -0.3 is 9.32 Å². The maximum absolute atomic E-state index is 12.3. The summed E-state index contributed by atoms with van der Waals surface area (Å²) < 4.78 is 5.53. The van der Waals surface area contributed by atoms with Crippen molar-refractivity contribution in [3.05, 3.63) is 23.7 Å². The average Bonchev–Trinajstić information content (AvgIpc) is 3.06. The first kappa shape index (κ1) is 12.8. The Morgan fingerprint density at radius 1 is 1.37 bits per heavy atom. The van der Waals surface area contributed by atoms with Gasteiger partial charge in [-0.25, -0.2) is 0 Å². The molecule has 1 aromatic heterocycles. The van der Waals surface area contributed by atoms with Crippen molar-refractivity contribution in [2.75, 3.05) is 7.05 Å². The van der Waals surface area contributed by atoms with Gasteiger partial charge in [0, 0.05) is 13.5 Å². The molecule has 0 aliphatic heterocycles. The Balaban J connectivity index is 1.52. The van der Waals surface area contributed by atoms with Crippen LogP contribution in [0, 0.1) is 24.7 Å². The van der Waals surface area contributed by atoms with Crippen LogP contribution in [0.5, 0.6) is 0 Å². The third-order valence-electron chi connectivity index (χ3n) is 4.94. The second-order valence-corrected chi connectivity index (χ2v) is 6.40. The number of hydrogen-bond donors (Lipinski definition) is 0. The first-order valence-electron chi connectivity index (χ1n) is 7.41. The summed E-state index contributed by atoms with van der Waals surface area (Å²) in [5, 5.41) is 0. The van der Waals surface area contributed by atoms with E-state index in [0.717, 1.165) is 29.8 Å². The molecule has 2 saturated carbocycles. The van der Waals surface area contributed by atoms with E-state index < -0.39 is 0 Å². The molecule has 1 amide bonds. The lowest BCUT2D eigenvalue weighted by molar-refractivity contribution is -0.132. The van der Waals surface area contributed by atoms with Gasteiger partial charge in [0.05, 0.1) is 6.54 Å². The minimum Gasteiger partial charge on any atom is -0.464 e. The van der Waals surface area contributed by atoms with Crippen LogP contribution >= 0.6 is 0 Å². The molecule has 0 N–H and O–H groups in total. The largest absolute Gasteiger partial charge is 0.464 e. The first-order chi connectivity index (χ1) is 9.11. The van der Waals surface area contributed by atoms with Gasteiger partial charge in [0.1, 0.15) is 11.5 Å². The van der Waals surface area contributed by atoms with E-state index >= 15 is 0 Å². The van der Waals surface area contributed by atoms with Crippen LogP contribution in [0.25, 0.3) is 0 Å². The molecule has 1 aromatic rings. The predicted molar refractivity (Wildman–Crippen MR) is 73.5 cm³/mol. The smallest absolute Gasteiger partial charge is 0.223 e. The fourth-order valence-corrected chi connectivity index (χ4v) is 3.90. The van der Waals surface area contributed by atoms with Crippen LogP contribution in [0.15, 0.2) is 16.5 Å². The van der Waals surface area contributed by atoms with Crippen LogP contribution in [0.4, 0.5) is 0 Å². The summed E-state index contributed by atoms with van der Waals surface area (Å²) in [4.78, 5) is 14.1. The van der Waals surface area contributed by atoms with Crippen molar-refractivity contribution in [2.45, 2.75) is 45.6 Å². The summed E-state index contributed by atoms with van der Waals surface area (Å²) in [6, 6.07) is 3.90. The normalized spacial score (nSPS) is 28.8. The van der Waals surface area contributed by atoms with Gasteiger partial charge in [-0.2, -0.15) is 0 Å². The number of rotatable bonds is 4. The Hall–Kier alpha value is -1.25. The minimum atomic E-state index is 0.270. The number of fused-ring (bicyclic) bond motifs is 2. The molecule has 1 heterocycles. The van der Waals surface area contributed by atoms with Crippen molar-refractivity contribution in [3.8, 4) is 0 Å². The average molecular weight is 261 g/mol. The van der Waals surface area contributed by atoms with E-state index in [2.05, 4.69) is 0 Å². The molecule has 2 fully saturated rings. The molecule has 3 heteroatoms. The number of amides is 1. The first-order valence-corrected chi connectivity index (χ1v) is 7.41. The van der Waals surface area contributed by atoms with Gasteiger partial charge in [-0.15, -0.1) is 0 Å². The van der Waals surface area contributed by atoms with Crippen molar-refractivity contribution < 1.29 is 9.21 Å². The van der Waals surface area contributed by atoms with Crippen LogP contribution in [0.1, 0.15) is 43.6 Å². The van der Waals surface area contributed by atoms with E-state index in [1.54, 1.807) is 0 Å². The van der Waals surface area contributed by atoms with Gasteiger partial charge in [-0.3, -0.25) is 4.79 Å². The topological polar surface area (TPSA) is 33.5 Å². The maximum Gasteiger partial charge on any atom is 0.223 e. The van der Waals surface area contributed by atoms with E-state index in [1.165, 1.54) is 25.7 Å². The zero-order chi connectivity index (χ0) is 13.4. The molecule has 3 nitrogen and oxygen atoms in total. The lowest BCUT2D eigenvalue weighted by Gasteiger charge is -2.24. The molecule has 0 aromatic carbocycles. The number of nitrogens with zero attached hydrogens (tertiary/aromatic N) is 1. The van der Waals surface area contributed by atoms with Gasteiger partial charge in [0.25, 0.3) is 0 Å². The third-order valence-corrected chi connectivity index (χ3v) is 4.94. The van der Waals surface area contributed by atoms with Crippen molar-refractivity contribution in [1.82, 2.24) is 4.90 Å². The molecule has 3 atom stereocenters. The van der Waals surface area contributed by atoms with Gasteiger partial charge in [-0.1, -0.05) is 6.42 Å². The zero-order valence-corrected chi connectivity index (χ0v) is 11.9. The Kier molecular flexibility index (Phi) is 3.38. The van der Waals surface area contributed by atoms with Gasteiger partial charge in [-0.05, 0) is 56.1 Å². The molecule has 3 unspecified atom stereocenters. The molecule has 104 valence electrons. The Labute approximate surface area is 115 Å². The van der Waals surface area contributed by atoms with E-state index in [9.17, 15) is 4.79 Å². The van der Waals surface area contributed by atoms with E-state index in [4.69, 9.17) is 4.42 Å². The summed E-state index contributed by atoms with van der Waals surface area (Å²) in [5.41, 5.74) is 0. The third kappa shape index (κ3) is 2.70. The second kappa shape index (κ2) is 5.03. The van der Waals surface area contributed by atoms with Crippen molar-refractivity contribution in [2.24, 2.45) is 17.8 Å². The molecular weight excluding hydrogens is 238 g/mol. The molecule has 3 rings (SSSR count). The molecular formula is C16H23NO2. The Morgan fingerprint density at radius 2 is 2.21 bits per heavy atom. The van der Waals surface area contributed by atoms with Gasteiger partial charge >= 0.3 is 0 Å². The van der Waals surface area contributed by atoms with E-state index in [1.807, 2.05) is 31.0 Å². The molecule has 0 radical (unpaired) electrons. The highest BCUT2D eigenvalue weighted by molar-refractivity contribution is 5.76. The summed E-state index contributed by atoms with van der Waals surface area (Å²) in [5.74, 6) is 4.44. The number of hydrogen-bond acceptors (Lipinski definition) is 2. The molecule has 19 heavy (non-hydrogen) atoms. The van der Waals surface area contributed by atoms with Crippen LogP contribution in [0.3, 0.4) is 0 Å².